The maximum Gasteiger partial charge on any atom is 0.271 e. The van der Waals surface area contributed by atoms with Crippen LogP contribution in [0.4, 0.5) is 0 Å². The molecule has 25 heavy (non-hydrogen) atoms. The Morgan fingerprint density at radius 2 is 1.88 bits per heavy atom. The van der Waals surface area contributed by atoms with E-state index in [1.165, 1.54) is 30.7 Å². The second kappa shape index (κ2) is 7.65. The monoisotopic (exact) mass is 353 g/mol. The van der Waals surface area contributed by atoms with Crippen molar-refractivity contribution in [2.45, 2.75) is 4.90 Å². The third-order valence-electron chi connectivity index (χ3n) is 3.39. The van der Waals surface area contributed by atoms with Gasteiger partial charge in [-0.15, -0.1) is 0 Å². The van der Waals surface area contributed by atoms with E-state index in [1.54, 1.807) is 24.3 Å². The van der Waals surface area contributed by atoms with Crippen molar-refractivity contribution >= 4 is 23.2 Å². The van der Waals surface area contributed by atoms with Crippen LogP contribution in [0.5, 0.6) is 0 Å². The third-order valence-corrected chi connectivity index (χ3v) is 4.05. The number of carbonyl (C=O) groups excluding carboxylic acids is 1. The number of hydrogen-bond acceptors (Lipinski definition) is 5. The quantitative estimate of drug-likeness (QED) is 0.430. The Labute approximate surface area is 146 Å². The fourth-order valence-electron chi connectivity index (χ4n) is 2.18. The zero-order chi connectivity index (χ0) is 17.6. The summed E-state index contributed by atoms with van der Waals surface area (Å²) < 4.78 is 23.7. The molecule has 2 aromatic heterocycles. The Morgan fingerprint density at radius 3 is 2.56 bits per heavy atom. The Kier molecular flexibility index (Phi) is 5.12. The molecule has 0 bridgehead atoms. The van der Waals surface area contributed by atoms with Gasteiger partial charge in [-0.3, -0.25) is 14.0 Å². The van der Waals surface area contributed by atoms with Crippen LogP contribution in [0.2, 0.25) is 0 Å². The van der Waals surface area contributed by atoms with Crippen LogP contribution >= 0.6 is 0 Å². The number of benzene rings is 1. The summed E-state index contributed by atoms with van der Waals surface area (Å²) in [6.45, 7) is 0. The summed E-state index contributed by atoms with van der Waals surface area (Å²) in [6.07, 6.45) is 6.39. The van der Waals surface area contributed by atoms with E-state index >= 15 is 0 Å². The van der Waals surface area contributed by atoms with Gasteiger partial charge >= 0.3 is 0 Å². The minimum absolute atomic E-state index is 0.218. The highest BCUT2D eigenvalue weighted by atomic mass is 32.2. The third kappa shape index (κ3) is 4.06. The fraction of sp³-hybridized carbons (Fsp3) is 0. The molecular formula is C17H13N4O3S-. The smallest absolute Gasteiger partial charge is 0.271 e. The van der Waals surface area contributed by atoms with Gasteiger partial charge in [-0.1, -0.05) is 0 Å². The summed E-state index contributed by atoms with van der Waals surface area (Å²) in [5.41, 5.74) is 4.42. The molecule has 8 heteroatoms. The molecule has 1 aromatic carbocycles. The Morgan fingerprint density at radius 1 is 1.16 bits per heavy atom. The second-order valence-electron chi connectivity index (χ2n) is 4.97. The van der Waals surface area contributed by atoms with Gasteiger partial charge in [-0.05, 0) is 59.6 Å². The fourth-order valence-corrected chi connectivity index (χ4v) is 2.54. The number of hydrogen-bond donors (Lipinski definition) is 1. The van der Waals surface area contributed by atoms with E-state index in [-0.39, 0.29) is 10.8 Å². The van der Waals surface area contributed by atoms with Crippen LogP contribution in [0.25, 0.3) is 5.69 Å². The molecule has 7 nitrogen and oxygen atoms in total. The molecule has 2 heterocycles. The van der Waals surface area contributed by atoms with E-state index < -0.39 is 11.1 Å². The average molecular weight is 353 g/mol. The first-order valence-electron chi connectivity index (χ1n) is 7.25. The van der Waals surface area contributed by atoms with E-state index in [1.807, 2.05) is 22.9 Å². The van der Waals surface area contributed by atoms with Crippen LogP contribution in [0.15, 0.2) is 77.1 Å². The lowest BCUT2D eigenvalue weighted by molar-refractivity contribution is 0.0955. The molecule has 3 aromatic rings. The Hall–Kier alpha value is -3.10. The van der Waals surface area contributed by atoms with E-state index in [2.05, 4.69) is 15.5 Å². The average Bonchev–Trinajstić information content (AvgIpc) is 3.11. The maximum absolute atomic E-state index is 11.9. The Bertz CT molecular complexity index is 921. The van der Waals surface area contributed by atoms with Gasteiger partial charge in [0, 0.05) is 34.7 Å². The van der Waals surface area contributed by atoms with Crippen LogP contribution in [-0.2, 0) is 11.1 Å². The van der Waals surface area contributed by atoms with E-state index in [4.69, 9.17) is 0 Å². The number of rotatable bonds is 5. The first-order valence-corrected chi connectivity index (χ1v) is 8.33. The van der Waals surface area contributed by atoms with Gasteiger partial charge in [0.15, 0.2) is 0 Å². The summed E-state index contributed by atoms with van der Waals surface area (Å²) in [7, 11) is 0. The lowest BCUT2D eigenvalue weighted by Gasteiger charge is -2.09. The number of pyridine rings is 1. The lowest BCUT2D eigenvalue weighted by atomic mass is 10.3. The summed E-state index contributed by atoms with van der Waals surface area (Å²) in [5.74, 6) is -0.334. The van der Waals surface area contributed by atoms with Crippen molar-refractivity contribution in [2.75, 3.05) is 0 Å². The summed E-state index contributed by atoms with van der Waals surface area (Å²) in [6, 6.07) is 13.3. The minimum Gasteiger partial charge on any atom is -0.768 e. The molecule has 126 valence electrons. The molecule has 0 aliphatic carbocycles. The van der Waals surface area contributed by atoms with Crippen molar-refractivity contribution in [1.82, 2.24) is 15.0 Å². The van der Waals surface area contributed by atoms with Crippen molar-refractivity contribution in [1.29, 1.82) is 0 Å². The molecule has 0 radical (unpaired) electrons. The van der Waals surface area contributed by atoms with Gasteiger partial charge in [-0.2, -0.15) is 5.10 Å². The van der Waals surface area contributed by atoms with Crippen LogP contribution in [0.3, 0.4) is 0 Å². The molecule has 1 atom stereocenters. The molecule has 0 saturated carbocycles. The molecule has 0 saturated heterocycles. The Balaban J connectivity index is 1.73. The van der Waals surface area contributed by atoms with Gasteiger partial charge < -0.3 is 9.12 Å². The first kappa shape index (κ1) is 16.7. The lowest BCUT2D eigenvalue weighted by Crippen LogP contribution is -2.17. The number of carbonyl (C=O) groups is 1. The molecule has 0 aliphatic heterocycles. The zero-order valence-corrected chi connectivity index (χ0v) is 13.7. The van der Waals surface area contributed by atoms with Gasteiger partial charge in [0.25, 0.3) is 5.91 Å². The van der Waals surface area contributed by atoms with Gasteiger partial charge in [0.1, 0.15) is 0 Å². The molecule has 0 spiro atoms. The van der Waals surface area contributed by atoms with Gasteiger partial charge in [0.05, 0.1) is 11.9 Å². The van der Waals surface area contributed by atoms with Gasteiger partial charge in [-0.25, -0.2) is 5.43 Å². The van der Waals surface area contributed by atoms with E-state index in [9.17, 15) is 13.6 Å². The van der Waals surface area contributed by atoms with Crippen LogP contribution in [0.1, 0.15) is 16.1 Å². The maximum atomic E-state index is 11.9. The highest BCUT2D eigenvalue weighted by Crippen LogP contribution is 2.14. The molecular weight excluding hydrogens is 340 g/mol. The largest absolute Gasteiger partial charge is 0.768 e. The number of nitrogens with one attached hydrogen (secondary N) is 1. The van der Waals surface area contributed by atoms with E-state index in [0.29, 0.717) is 5.56 Å². The molecule has 3 rings (SSSR count). The molecule has 0 fully saturated rings. The number of nitrogens with zero attached hydrogens (tertiary/aromatic N) is 3. The number of amides is 1. The summed E-state index contributed by atoms with van der Waals surface area (Å²) in [4.78, 5) is 16.0. The summed E-state index contributed by atoms with van der Waals surface area (Å²) >= 11 is -2.26. The van der Waals surface area contributed by atoms with Crippen molar-refractivity contribution < 1.29 is 13.6 Å². The van der Waals surface area contributed by atoms with Crippen molar-refractivity contribution in [3.05, 3.63) is 78.4 Å². The molecule has 1 N–H and O–H groups in total. The second-order valence-corrected chi connectivity index (χ2v) is 5.91. The van der Waals surface area contributed by atoms with Gasteiger partial charge in [0.2, 0.25) is 0 Å². The molecule has 1 amide bonds. The predicted molar refractivity (Wildman–Crippen MR) is 92.3 cm³/mol. The number of aromatic nitrogens is 2. The van der Waals surface area contributed by atoms with E-state index in [0.717, 1.165) is 11.4 Å². The SMILES string of the molecule is O=C(N/N=C/c1cccn1-c1ccc(S(=O)[O-])cc1)c1ccncc1. The van der Waals surface area contributed by atoms with Crippen molar-refractivity contribution in [3.63, 3.8) is 0 Å². The van der Waals surface area contributed by atoms with Crippen LogP contribution < -0.4 is 5.43 Å². The minimum atomic E-state index is -2.26. The highest BCUT2D eigenvalue weighted by molar-refractivity contribution is 7.79. The van der Waals surface area contributed by atoms with Crippen molar-refractivity contribution in [3.8, 4) is 5.69 Å². The normalized spacial score (nSPS) is 12.2. The number of hydrazone groups is 1. The van der Waals surface area contributed by atoms with Crippen LogP contribution in [-0.4, -0.2) is 30.4 Å². The van der Waals surface area contributed by atoms with Crippen LogP contribution in [0, 0.1) is 0 Å². The van der Waals surface area contributed by atoms with Crippen molar-refractivity contribution in [2.24, 2.45) is 5.10 Å². The first-order chi connectivity index (χ1) is 12.1. The topological polar surface area (TPSA) is 99.4 Å². The highest BCUT2D eigenvalue weighted by Gasteiger charge is 2.04. The summed E-state index contributed by atoms with van der Waals surface area (Å²) in [5, 5.41) is 3.96. The zero-order valence-electron chi connectivity index (χ0n) is 12.9. The molecule has 0 aliphatic rings. The standard InChI is InChI=1S/C17H14N4O3S/c22-17(13-7-9-18-10-8-13)20-19-12-15-2-1-11-21(15)14-3-5-16(6-4-14)25(23)24/h1-12H,(H,20,22)(H,23,24)/p-1/b19-12+. The molecule has 1 unspecified atom stereocenters. The predicted octanol–water partition coefficient (Wildman–Crippen LogP) is 1.87.